The molecule has 0 aromatic heterocycles. The van der Waals surface area contributed by atoms with Crippen molar-refractivity contribution in [1.82, 2.24) is 0 Å². The van der Waals surface area contributed by atoms with E-state index in [4.69, 9.17) is 18.9 Å². The summed E-state index contributed by atoms with van der Waals surface area (Å²) in [7, 11) is 3.34. The molecule has 0 amide bonds. The molecule has 0 radical (unpaired) electrons. The predicted molar refractivity (Wildman–Crippen MR) is 145 cm³/mol. The molecule has 38 heavy (non-hydrogen) atoms. The Morgan fingerprint density at radius 1 is 1.05 bits per heavy atom. The molecule has 0 aliphatic carbocycles. The molecule has 2 aliphatic heterocycles. The number of benzene rings is 3. The van der Waals surface area contributed by atoms with Crippen molar-refractivity contribution in [3.63, 3.8) is 0 Å². The molecule has 1 saturated heterocycles. The van der Waals surface area contributed by atoms with E-state index in [9.17, 15) is 9.90 Å². The summed E-state index contributed by atoms with van der Waals surface area (Å²) < 4.78 is 23.6. The van der Waals surface area contributed by atoms with Crippen molar-refractivity contribution in [2.45, 2.75) is 57.1 Å². The van der Waals surface area contributed by atoms with Gasteiger partial charge in [-0.2, -0.15) is 0 Å². The average Bonchev–Trinajstić information content (AvgIpc) is 3.40. The van der Waals surface area contributed by atoms with Gasteiger partial charge in [0.25, 0.3) is 0 Å². The quantitative estimate of drug-likeness (QED) is 0.369. The summed E-state index contributed by atoms with van der Waals surface area (Å²) in [5.74, 6) is 1.12. The van der Waals surface area contributed by atoms with E-state index in [-0.39, 0.29) is 6.61 Å². The van der Waals surface area contributed by atoms with Crippen molar-refractivity contribution in [2.24, 2.45) is 0 Å². The number of hydrogen-bond acceptors (Lipinski definition) is 7. The fourth-order valence-electron chi connectivity index (χ4n) is 5.66. The predicted octanol–water partition coefficient (Wildman–Crippen LogP) is 5.23. The molecule has 0 spiro atoms. The minimum absolute atomic E-state index is 0.0572. The monoisotopic (exact) mass is 517 g/mol. The Bertz CT molecular complexity index is 1280. The van der Waals surface area contributed by atoms with Gasteiger partial charge in [0.1, 0.15) is 23.7 Å². The molecule has 2 heterocycles. The van der Waals surface area contributed by atoms with Crippen LogP contribution in [0, 0.1) is 0 Å². The number of para-hydroxylation sites is 1. The number of hydrogen-bond donors (Lipinski definition) is 1. The van der Waals surface area contributed by atoms with Gasteiger partial charge < -0.3 is 29.0 Å². The van der Waals surface area contributed by atoms with Crippen molar-refractivity contribution >= 4 is 11.7 Å². The number of ether oxygens (including phenoxy) is 4. The lowest BCUT2D eigenvalue weighted by atomic mass is 9.91. The number of methoxy groups -OCH3 is 2. The maximum Gasteiger partial charge on any atom is 0.338 e. The second-order valence-corrected chi connectivity index (χ2v) is 9.89. The van der Waals surface area contributed by atoms with E-state index in [1.165, 1.54) is 0 Å². The highest BCUT2D eigenvalue weighted by atomic mass is 16.6. The van der Waals surface area contributed by atoms with Gasteiger partial charge in [0.05, 0.1) is 38.0 Å². The van der Waals surface area contributed by atoms with Crippen molar-refractivity contribution in [1.29, 1.82) is 0 Å². The van der Waals surface area contributed by atoms with E-state index in [1.807, 2.05) is 36.4 Å². The van der Waals surface area contributed by atoms with Crippen LogP contribution in [0.2, 0.25) is 0 Å². The molecule has 200 valence electrons. The summed E-state index contributed by atoms with van der Waals surface area (Å²) in [4.78, 5) is 14.6. The van der Waals surface area contributed by atoms with Gasteiger partial charge in [-0.3, -0.25) is 0 Å². The SMILES string of the molecule is CCCCc1ccc(OC)c(CN2c3ccccc3[C@]3(O)C[C@H](COC(=O)c4ccccc4)O[C@H]23)c1OC. The van der Waals surface area contributed by atoms with Gasteiger partial charge >= 0.3 is 5.97 Å². The Kier molecular flexibility index (Phi) is 7.58. The standard InChI is InChI=1S/C31H35NO6/c1-4-5-11-21-16-17-27(35-2)24(28(21)36-3)19-32-26-15-10-9-14-25(26)31(34)18-23(38-30(31)32)20-37-29(33)22-12-7-6-8-13-22/h6-10,12-17,23,30,34H,4-5,11,18-20H2,1-3H3/t23-,30+,31-/m1/s1. The number of fused-ring (bicyclic) bond motifs is 3. The van der Waals surface area contributed by atoms with Crippen LogP contribution < -0.4 is 14.4 Å². The minimum atomic E-state index is -1.24. The van der Waals surface area contributed by atoms with Crippen LogP contribution in [0.25, 0.3) is 0 Å². The smallest absolute Gasteiger partial charge is 0.338 e. The molecule has 2 aliphatic rings. The Hall–Kier alpha value is -3.55. The first kappa shape index (κ1) is 26.1. The summed E-state index contributed by atoms with van der Waals surface area (Å²) in [6.45, 7) is 2.65. The molecule has 3 aromatic rings. The topological polar surface area (TPSA) is 77.5 Å². The molecule has 1 fully saturated rings. The molecule has 0 saturated carbocycles. The lowest BCUT2D eigenvalue weighted by Gasteiger charge is -2.30. The summed E-state index contributed by atoms with van der Waals surface area (Å²) in [5, 5.41) is 11.9. The zero-order valence-electron chi connectivity index (χ0n) is 22.2. The Labute approximate surface area is 223 Å². The van der Waals surface area contributed by atoms with E-state index in [0.29, 0.717) is 18.5 Å². The van der Waals surface area contributed by atoms with Crippen molar-refractivity contribution < 1.29 is 28.8 Å². The van der Waals surface area contributed by atoms with Crippen LogP contribution >= 0.6 is 0 Å². The van der Waals surface area contributed by atoms with Gasteiger partial charge in [0.2, 0.25) is 0 Å². The van der Waals surface area contributed by atoms with E-state index < -0.39 is 23.9 Å². The maximum absolute atomic E-state index is 12.5. The molecular weight excluding hydrogens is 482 g/mol. The molecule has 7 heteroatoms. The number of carbonyl (C=O) groups excluding carboxylic acids is 1. The van der Waals surface area contributed by atoms with Crippen molar-refractivity contribution in [2.75, 3.05) is 25.7 Å². The normalized spacial score (nSPS) is 21.6. The van der Waals surface area contributed by atoms with E-state index in [0.717, 1.165) is 53.1 Å². The third-order valence-electron chi connectivity index (χ3n) is 7.49. The van der Waals surface area contributed by atoms with Gasteiger partial charge in [-0.25, -0.2) is 4.79 Å². The van der Waals surface area contributed by atoms with Crippen LogP contribution in [0.5, 0.6) is 11.5 Å². The van der Waals surface area contributed by atoms with Crippen molar-refractivity contribution in [3.05, 3.63) is 89.0 Å². The van der Waals surface area contributed by atoms with Crippen LogP contribution in [0.3, 0.4) is 0 Å². The minimum Gasteiger partial charge on any atom is -0.496 e. The summed E-state index contributed by atoms with van der Waals surface area (Å²) in [6.07, 6.45) is 2.28. The van der Waals surface area contributed by atoms with Gasteiger partial charge in [0, 0.05) is 17.7 Å². The van der Waals surface area contributed by atoms with E-state index >= 15 is 0 Å². The molecular formula is C31H35NO6. The molecule has 1 N–H and O–H groups in total. The van der Waals surface area contributed by atoms with Crippen molar-refractivity contribution in [3.8, 4) is 11.5 Å². The summed E-state index contributed by atoms with van der Waals surface area (Å²) >= 11 is 0. The van der Waals surface area contributed by atoms with Crippen LogP contribution in [-0.4, -0.2) is 44.2 Å². The Morgan fingerprint density at radius 2 is 1.82 bits per heavy atom. The number of rotatable bonds is 10. The Balaban J connectivity index is 1.42. The number of carbonyl (C=O) groups is 1. The highest BCUT2D eigenvalue weighted by Crippen LogP contribution is 2.52. The average molecular weight is 518 g/mol. The van der Waals surface area contributed by atoms with Gasteiger partial charge in [-0.05, 0) is 42.7 Å². The van der Waals surface area contributed by atoms with Crippen LogP contribution in [0.15, 0.2) is 66.7 Å². The summed E-state index contributed by atoms with van der Waals surface area (Å²) in [5.41, 5.74) is 3.00. The lowest BCUT2D eigenvalue weighted by molar-refractivity contribution is -0.0510. The second-order valence-electron chi connectivity index (χ2n) is 9.89. The fourth-order valence-corrected chi connectivity index (χ4v) is 5.66. The molecule has 0 bridgehead atoms. The lowest BCUT2D eigenvalue weighted by Crippen LogP contribution is -2.41. The Morgan fingerprint density at radius 3 is 2.55 bits per heavy atom. The second kappa shape index (κ2) is 11.1. The molecule has 7 nitrogen and oxygen atoms in total. The highest BCUT2D eigenvalue weighted by molar-refractivity contribution is 5.89. The zero-order valence-corrected chi connectivity index (χ0v) is 22.2. The number of unbranched alkanes of at least 4 members (excludes halogenated alkanes) is 1. The summed E-state index contributed by atoms with van der Waals surface area (Å²) in [6, 6.07) is 20.7. The number of aryl methyl sites for hydroxylation is 1. The van der Waals surface area contributed by atoms with Gasteiger partial charge in [0.15, 0.2) is 6.23 Å². The van der Waals surface area contributed by atoms with Gasteiger partial charge in [-0.15, -0.1) is 0 Å². The van der Waals surface area contributed by atoms with Crippen LogP contribution in [-0.2, 0) is 28.0 Å². The van der Waals surface area contributed by atoms with Crippen LogP contribution in [0.4, 0.5) is 5.69 Å². The maximum atomic E-state index is 12.5. The number of aliphatic hydroxyl groups is 1. The van der Waals surface area contributed by atoms with Crippen LogP contribution in [0.1, 0.15) is 53.2 Å². The number of esters is 1. The van der Waals surface area contributed by atoms with E-state index in [1.54, 1.807) is 38.5 Å². The van der Waals surface area contributed by atoms with Gasteiger partial charge in [-0.1, -0.05) is 55.8 Å². The fraction of sp³-hybridized carbons (Fsp3) is 0.387. The third-order valence-corrected chi connectivity index (χ3v) is 7.49. The molecule has 0 unspecified atom stereocenters. The number of nitrogens with zero attached hydrogens (tertiary/aromatic N) is 1. The third kappa shape index (κ3) is 4.72. The first-order chi connectivity index (χ1) is 18.5. The molecule has 3 aromatic carbocycles. The number of anilines is 1. The zero-order chi connectivity index (χ0) is 26.7. The molecule has 5 rings (SSSR count). The highest BCUT2D eigenvalue weighted by Gasteiger charge is 2.57. The molecule has 3 atom stereocenters. The van der Waals surface area contributed by atoms with E-state index in [2.05, 4.69) is 17.9 Å². The first-order valence-corrected chi connectivity index (χ1v) is 13.2. The first-order valence-electron chi connectivity index (χ1n) is 13.2. The largest absolute Gasteiger partial charge is 0.496 e.